The van der Waals surface area contributed by atoms with Crippen molar-refractivity contribution in [1.29, 1.82) is 0 Å². The zero-order valence-electron chi connectivity index (χ0n) is 8.77. The van der Waals surface area contributed by atoms with Crippen LogP contribution in [0.25, 0.3) is 0 Å². The molecule has 0 heterocycles. The van der Waals surface area contributed by atoms with Crippen LogP contribution in [0.3, 0.4) is 0 Å². The second-order valence-electron chi connectivity index (χ2n) is 3.36. The summed E-state index contributed by atoms with van der Waals surface area (Å²) >= 11 is 0. The lowest BCUT2D eigenvalue weighted by atomic mass is 10.1. The second-order valence-corrected chi connectivity index (χ2v) is 3.36. The van der Waals surface area contributed by atoms with Crippen molar-refractivity contribution < 1.29 is 4.74 Å². The minimum atomic E-state index is 0.559. The van der Waals surface area contributed by atoms with Crippen molar-refractivity contribution in [1.82, 2.24) is 0 Å². The first-order valence-electron chi connectivity index (χ1n) is 4.46. The van der Waals surface area contributed by atoms with Gasteiger partial charge >= 0.3 is 0 Å². The Morgan fingerprint density at radius 3 is 2.31 bits per heavy atom. The number of anilines is 1. The lowest BCUT2D eigenvalue weighted by Crippen LogP contribution is -2.05. The monoisotopic (exact) mass is 179 g/mol. The van der Waals surface area contributed by atoms with Gasteiger partial charge in [-0.25, -0.2) is 0 Å². The lowest BCUT2D eigenvalue weighted by molar-refractivity contribution is 0.221. The van der Waals surface area contributed by atoms with Crippen LogP contribution in [-0.2, 0) is 4.74 Å². The molecule has 2 heteroatoms. The van der Waals surface area contributed by atoms with Crippen molar-refractivity contribution in [3.63, 3.8) is 0 Å². The van der Waals surface area contributed by atoms with Crippen molar-refractivity contribution in [3.8, 4) is 0 Å². The fourth-order valence-corrected chi connectivity index (χ4v) is 1.30. The molecule has 0 aliphatic heterocycles. The van der Waals surface area contributed by atoms with E-state index in [4.69, 9.17) is 4.74 Å². The van der Waals surface area contributed by atoms with Gasteiger partial charge in [-0.2, -0.15) is 0 Å². The molecule has 0 saturated heterocycles. The number of aryl methyl sites for hydroxylation is 3. The summed E-state index contributed by atoms with van der Waals surface area (Å²) in [6.45, 7) is 6.91. The zero-order valence-corrected chi connectivity index (χ0v) is 8.77. The summed E-state index contributed by atoms with van der Waals surface area (Å²) < 4.78 is 4.96. The molecule has 1 aromatic rings. The molecule has 2 nitrogen and oxygen atoms in total. The van der Waals surface area contributed by atoms with E-state index in [9.17, 15) is 0 Å². The molecular weight excluding hydrogens is 162 g/mol. The van der Waals surface area contributed by atoms with Gasteiger partial charge in [0.05, 0.1) is 0 Å². The van der Waals surface area contributed by atoms with Crippen LogP contribution in [-0.4, -0.2) is 13.8 Å². The molecule has 0 saturated carbocycles. The van der Waals surface area contributed by atoms with Crippen LogP contribution in [0.4, 0.5) is 5.69 Å². The smallest absolute Gasteiger partial charge is 0.116 e. The van der Waals surface area contributed by atoms with E-state index in [1.165, 1.54) is 16.7 Å². The number of rotatable bonds is 3. The van der Waals surface area contributed by atoms with Gasteiger partial charge in [0.2, 0.25) is 0 Å². The molecule has 0 unspecified atom stereocenters. The van der Waals surface area contributed by atoms with E-state index in [-0.39, 0.29) is 0 Å². The summed E-state index contributed by atoms with van der Waals surface area (Å²) in [6, 6.07) is 4.34. The third-order valence-electron chi connectivity index (χ3n) is 2.25. The van der Waals surface area contributed by atoms with Crippen LogP contribution >= 0.6 is 0 Å². The van der Waals surface area contributed by atoms with Gasteiger partial charge in [-0.3, -0.25) is 0 Å². The Balaban J connectivity index is 2.88. The van der Waals surface area contributed by atoms with Crippen LogP contribution in [0.2, 0.25) is 0 Å². The molecule has 0 amide bonds. The highest BCUT2D eigenvalue weighted by atomic mass is 16.5. The molecule has 72 valence electrons. The predicted octanol–water partition coefficient (Wildman–Crippen LogP) is 2.63. The van der Waals surface area contributed by atoms with Crippen LogP contribution in [0, 0.1) is 20.8 Å². The number of hydrogen-bond acceptors (Lipinski definition) is 2. The summed E-state index contributed by atoms with van der Waals surface area (Å²) in [5.74, 6) is 0. The maximum atomic E-state index is 4.96. The molecule has 0 spiro atoms. The molecule has 0 aromatic heterocycles. The Kier molecular flexibility index (Phi) is 3.32. The summed E-state index contributed by atoms with van der Waals surface area (Å²) in [5.41, 5.74) is 5.06. The molecule has 13 heavy (non-hydrogen) atoms. The van der Waals surface area contributed by atoms with E-state index >= 15 is 0 Å². The minimum Gasteiger partial charge on any atom is -0.365 e. The zero-order chi connectivity index (χ0) is 9.84. The molecule has 0 aliphatic rings. The van der Waals surface area contributed by atoms with E-state index in [0.717, 1.165) is 5.69 Å². The van der Waals surface area contributed by atoms with Crippen molar-refractivity contribution in [2.45, 2.75) is 20.8 Å². The van der Waals surface area contributed by atoms with E-state index in [1.807, 2.05) is 0 Å². The van der Waals surface area contributed by atoms with Crippen molar-refractivity contribution in [3.05, 3.63) is 28.8 Å². The number of hydrogen-bond donors (Lipinski definition) is 1. The SMILES string of the molecule is COCNc1cc(C)c(C)cc1C. The molecule has 0 bridgehead atoms. The van der Waals surface area contributed by atoms with Crippen LogP contribution in [0.5, 0.6) is 0 Å². The van der Waals surface area contributed by atoms with Gasteiger partial charge in [0.15, 0.2) is 0 Å². The topological polar surface area (TPSA) is 21.3 Å². The van der Waals surface area contributed by atoms with Crippen LogP contribution < -0.4 is 5.32 Å². The summed E-state index contributed by atoms with van der Waals surface area (Å²) in [7, 11) is 1.68. The van der Waals surface area contributed by atoms with Gasteiger partial charge in [-0.15, -0.1) is 0 Å². The van der Waals surface area contributed by atoms with Gasteiger partial charge in [0, 0.05) is 12.8 Å². The average molecular weight is 179 g/mol. The molecule has 1 aromatic carbocycles. The van der Waals surface area contributed by atoms with Gasteiger partial charge < -0.3 is 10.1 Å². The van der Waals surface area contributed by atoms with Gasteiger partial charge in [0.25, 0.3) is 0 Å². The molecule has 0 radical (unpaired) electrons. The van der Waals surface area contributed by atoms with Gasteiger partial charge in [0.1, 0.15) is 6.73 Å². The lowest BCUT2D eigenvalue weighted by Gasteiger charge is -2.11. The number of benzene rings is 1. The Bertz CT molecular complexity index is 294. The highest BCUT2D eigenvalue weighted by Gasteiger charge is 2.00. The third kappa shape index (κ3) is 2.46. The summed E-state index contributed by atoms with van der Waals surface area (Å²) in [6.07, 6.45) is 0. The normalized spacial score (nSPS) is 10.2. The van der Waals surface area contributed by atoms with Crippen LogP contribution in [0.15, 0.2) is 12.1 Å². The first-order chi connectivity index (χ1) is 6.15. The fraction of sp³-hybridized carbons (Fsp3) is 0.455. The van der Waals surface area contributed by atoms with E-state index < -0.39 is 0 Å². The predicted molar refractivity (Wildman–Crippen MR) is 56.2 cm³/mol. The Morgan fingerprint density at radius 1 is 1.08 bits per heavy atom. The third-order valence-corrected chi connectivity index (χ3v) is 2.25. The molecule has 1 N–H and O–H groups in total. The number of ether oxygens (including phenoxy) is 1. The van der Waals surface area contributed by atoms with Crippen molar-refractivity contribution in [2.75, 3.05) is 19.2 Å². The van der Waals surface area contributed by atoms with E-state index in [0.29, 0.717) is 6.73 Å². The minimum absolute atomic E-state index is 0.559. The number of methoxy groups -OCH3 is 1. The molecule has 0 aliphatic carbocycles. The average Bonchev–Trinajstić information content (AvgIpc) is 2.09. The Hall–Kier alpha value is -1.02. The molecular formula is C11H17NO. The van der Waals surface area contributed by atoms with Crippen molar-refractivity contribution >= 4 is 5.69 Å². The second kappa shape index (κ2) is 4.28. The fourth-order valence-electron chi connectivity index (χ4n) is 1.30. The largest absolute Gasteiger partial charge is 0.365 e. The highest BCUT2D eigenvalue weighted by Crippen LogP contribution is 2.19. The van der Waals surface area contributed by atoms with Crippen molar-refractivity contribution in [2.24, 2.45) is 0 Å². The maximum Gasteiger partial charge on any atom is 0.116 e. The summed E-state index contributed by atoms with van der Waals surface area (Å²) in [4.78, 5) is 0. The first kappa shape index (κ1) is 10.1. The maximum absolute atomic E-state index is 4.96. The van der Waals surface area contributed by atoms with Gasteiger partial charge in [-0.05, 0) is 43.5 Å². The number of nitrogens with one attached hydrogen (secondary N) is 1. The Morgan fingerprint density at radius 2 is 1.69 bits per heavy atom. The molecule has 0 fully saturated rings. The van der Waals surface area contributed by atoms with E-state index in [2.05, 4.69) is 38.2 Å². The summed E-state index contributed by atoms with van der Waals surface area (Å²) in [5, 5.41) is 3.21. The van der Waals surface area contributed by atoms with Gasteiger partial charge in [-0.1, -0.05) is 6.07 Å². The quantitative estimate of drug-likeness (QED) is 0.720. The highest BCUT2D eigenvalue weighted by molar-refractivity contribution is 5.54. The molecule has 0 atom stereocenters. The molecule has 1 rings (SSSR count). The Labute approximate surface area is 79.9 Å². The van der Waals surface area contributed by atoms with Crippen LogP contribution in [0.1, 0.15) is 16.7 Å². The van der Waals surface area contributed by atoms with E-state index in [1.54, 1.807) is 7.11 Å². The first-order valence-corrected chi connectivity index (χ1v) is 4.46. The standard InChI is InChI=1S/C11H17NO/c1-8-5-10(3)11(6-9(8)2)12-7-13-4/h5-6,12H,7H2,1-4H3.